The second kappa shape index (κ2) is 6.48. The maximum Gasteiger partial charge on any atom is 0.0518 e. The van der Waals surface area contributed by atoms with Gasteiger partial charge in [-0.3, -0.25) is 0 Å². The van der Waals surface area contributed by atoms with Crippen molar-refractivity contribution in [3.05, 3.63) is 11.6 Å². The quantitative estimate of drug-likeness (QED) is 0.351. The molecule has 0 N–H and O–H groups in total. The molecule has 1 heteroatoms. The van der Waals surface area contributed by atoms with Gasteiger partial charge in [0.1, 0.15) is 0 Å². The summed E-state index contributed by atoms with van der Waals surface area (Å²) in [6.45, 7) is 2.26. The fourth-order valence-electron chi connectivity index (χ4n) is 1.92. The summed E-state index contributed by atoms with van der Waals surface area (Å²) in [7, 11) is 0. The average Bonchev–Trinajstić information content (AvgIpc) is 2.31. The average molecular weight is 201 g/mol. The molecule has 1 unspecified atom stereocenters. The highest BCUT2D eigenvalue weighted by atomic mass is 35.5. The molecule has 0 aromatic rings. The SMILES string of the molecule is CCCCCC1=CC(Cl)CCCC1. The van der Waals surface area contributed by atoms with Crippen molar-refractivity contribution in [2.75, 3.05) is 0 Å². The lowest BCUT2D eigenvalue weighted by molar-refractivity contribution is 0.672. The van der Waals surface area contributed by atoms with E-state index in [4.69, 9.17) is 11.6 Å². The lowest BCUT2D eigenvalue weighted by atomic mass is 10.0. The first-order valence-corrected chi connectivity index (χ1v) is 6.10. The van der Waals surface area contributed by atoms with Crippen molar-refractivity contribution in [2.45, 2.75) is 63.7 Å². The Labute approximate surface area is 87.4 Å². The molecule has 0 aromatic heterocycles. The second-order valence-electron chi connectivity index (χ2n) is 4.04. The molecule has 0 amide bonds. The molecule has 0 aromatic carbocycles. The van der Waals surface area contributed by atoms with E-state index in [0.717, 1.165) is 0 Å². The van der Waals surface area contributed by atoms with Crippen molar-refractivity contribution in [3.63, 3.8) is 0 Å². The fraction of sp³-hybridized carbons (Fsp3) is 0.833. The molecule has 0 radical (unpaired) electrons. The van der Waals surface area contributed by atoms with E-state index in [1.807, 2.05) is 0 Å². The van der Waals surface area contributed by atoms with E-state index in [0.29, 0.717) is 5.38 Å². The molecule has 1 aliphatic rings. The van der Waals surface area contributed by atoms with Gasteiger partial charge in [0.15, 0.2) is 0 Å². The van der Waals surface area contributed by atoms with Crippen molar-refractivity contribution >= 4 is 11.6 Å². The van der Waals surface area contributed by atoms with Crippen LogP contribution in [-0.2, 0) is 0 Å². The number of hydrogen-bond acceptors (Lipinski definition) is 0. The summed E-state index contributed by atoms with van der Waals surface area (Å²) in [6.07, 6.45) is 12.8. The summed E-state index contributed by atoms with van der Waals surface area (Å²) in [5, 5.41) is 0.319. The number of unbranched alkanes of at least 4 members (excludes halogenated alkanes) is 2. The smallest absolute Gasteiger partial charge is 0.0518 e. The highest BCUT2D eigenvalue weighted by Crippen LogP contribution is 2.24. The Morgan fingerprint density at radius 3 is 3.00 bits per heavy atom. The monoisotopic (exact) mass is 200 g/mol. The molecule has 0 fully saturated rings. The van der Waals surface area contributed by atoms with Crippen LogP contribution in [0.25, 0.3) is 0 Å². The number of allylic oxidation sites excluding steroid dienone is 2. The van der Waals surface area contributed by atoms with Gasteiger partial charge in [0.2, 0.25) is 0 Å². The Morgan fingerprint density at radius 1 is 1.38 bits per heavy atom. The summed E-state index contributed by atoms with van der Waals surface area (Å²) >= 11 is 6.15. The number of hydrogen-bond donors (Lipinski definition) is 0. The summed E-state index contributed by atoms with van der Waals surface area (Å²) in [4.78, 5) is 0. The lowest BCUT2D eigenvalue weighted by Crippen LogP contribution is -1.91. The van der Waals surface area contributed by atoms with Crippen LogP contribution < -0.4 is 0 Å². The number of alkyl halides is 1. The normalized spacial score (nSPS) is 23.8. The van der Waals surface area contributed by atoms with Crippen LogP contribution in [0.15, 0.2) is 11.6 Å². The zero-order valence-corrected chi connectivity index (χ0v) is 9.45. The zero-order chi connectivity index (χ0) is 9.52. The highest BCUT2D eigenvalue weighted by molar-refractivity contribution is 6.21. The Balaban J connectivity index is 2.28. The standard InChI is InChI=1S/C12H21Cl/c1-2-3-4-7-11-8-5-6-9-12(13)10-11/h10,12H,2-9H2,1H3. The Bertz CT molecular complexity index is 161. The molecule has 1 rings (SSSR count). The fourth-order valence-corrected chi connectivity index (χ4v) is 2.26. The van der Waals surface area contributed by atoms with Gasteiger partial charge in [-0.05, 0) is 32.1 Å². The molecular formula is C12H21Cl. The van der Waals surface area contributed by atoms with Gasteiger partial charge in [-0.1, -0.05) is 37.8 Å². The Kier molecular flexibility index (Phi) is 5.54. The van der Waals surface area contributed by atoms with E-state index >= 15 is 0 Å². The molecular weight excluding hydrogens is 180 g/mol. The predicted molar refractivity (Wildman–Crippen MR) is 60.3 cm³/mol. The molecule has 0 spiro atoms. The third-order valence-electron chi connectivity index (χ3n) is 2.75. The molecule has 0 aliphatic heterocycles. The third kappa shape index (κ3) is 4.71. The highest BCUT2D eigenvalue weighted by Gasteiger charge is 2.08. The van der Waals surface area contributed by atoms with Gasteiger partial charge in [-0.15, -0.1) is 11.6 Å². The van der Waals surface area contributed by atoms with Gasteiger partial charge in [-0.2, -0.15) is 0 Å². The van der Waals surface area contributed by atoms with Crippen LogP contribution in [0.1, 0.15) is 58.3 Å². The van der Waals surface area contributed by atoms with Crippen LogP contribution in [0.4, 0.5) is 0 Å². The van der Waals surface area contributed by atoms with Crippen LogP contribution in [0.5, 0.6) is 0 Å². The Morgan fingerprint density at radius 2 is 2.23 bits per heavy atom. The van der Waals surface area contributed by atoms with Gasteiger partial charge in [-0.25, -0.2) is 0 Å². The molecule has 0 saturated carbocycles. The molecule has 1 atom stereocenters. The first-order chi connectivity index (χ1) is 6.33. The van der Waals surface area contributed by atoms with Crippen LogP contribution >= 0.6 is 11.6 Å². The molecule has 76 valence electrons. The lowest BCUT2D eigenvalue weighted by Gasteiger charge is -2.04. The molecule has 0 saturated heterocycles. The summed E-state index contributed by atoms with van der Waals surface area (Å²) < 4.78 is 0. The number of halogens is 1. The second-order valence-corrected chi connectivity index (χ2v) is 4.60. The maximum atomic E-state index is 6.15. The maximum absolute atomic E-state index is 6.15. The summed E-state index contributed by atoms with van der Waals surface area (Å²) in [5.41, 5.74) is 1.62. The molecule has 0 nitrogen and oxygen atoms in total. The van der Waals surface area contributed by atoms with Crippen LogP contribution in [0.3, 0.4) is 0 Å². The summed E-state index contributed by atoms with van der Waals surface area (Å²) in [6, 6.07) is 0. The van der Waals surface area contributed by atoms with Gasteiger partial charge in [0.05, 0.1) is 5.38 Å². The van der Waals surface area contributed by atoms with Gasteiger partial charge >= 0.3 is 0 Å². The van der Waals surface area contributed by atoms with E-state index in [2.05, 4.69) is 13.0 Å². The van der Waals surface area contributed by atoms with Crippen molar-refractivity contribution in [3.8, 4) is 0 Å². The van der Waals surface area contributed by atoms with E-state index in [9.17, 15) is 0 Å². The van der Waals surface area contributed by atoms with E-state index in [1.54, 1.807) is 5.57 Å². The van der Waals surface area contributed by atoms with E-state index in [-0.39, 0.29) is 0 Å². The summed E-state index contributed by atoms with van der Waals surface area (Å²) in [5.74, 6) is 0. The van der Waals surface area contributed by atoms with Gasteiger partial charge in [0, 0.05) is 0 Å². The van der Waals surface area contributed by atoms with Crippen molar-refractivity contribution < 1.29 is 0 Å². The minimum atomic E-state index is 0.319. The van der Waals surface area contributed by atoms with Crippen LogP contribution in [0, 0.1) is 0 Å². The number of rotatable bonds is 4. The van der Waals surface area contributed by atoms with Gasteiger partial charge in [0.25, 0.3) is 0 Å². The third-order valence-corrected chi connectivity index (χ3v) is 3.09. The predicted octanol–water partition coefficient (Wildman–Crippen LogP) is 4.67. The first-order valence-electron chi connectivity index (χ1n) is 5.66. The van der Waals surface area contributed by atoms with Gasteiger partial charge < -0.3 is 0 Å². The van der Waals surface area contributed by atoms with Crippen molar-refractivity contribution in [2.24, 2.45) is 0 Å². The molecule has 1 aliphatic carbocycles. The van der Waals surface area contributed by atoms with Crippen molar-refractivity contribution in [1.82, 2.24) is 0 Å². The first kappa shape index (κ1) is 11.1. The Hall–Kier alpha value is 0.0300. The van der Waals surface area contributed by atoms with E-state index < -0.39 is 0 Å². The minimum Gasteiger partial charge on any atom is -0.118 e. The molecule has 0 heterocycles. The van der Waals surface area contributed by atoms with E-state index in [1.165, 1.54) is 51.4 Å². The topological polar surface area (TPSA) is 0 Å². The van der Waals surface area contributed by atoms with Crippen LogP contribution in [0.2, 0.25) is 0 Å². The zero-order valence-electron chi connectivity index (χ0n) is 8.69. The molecule has 13 heavy (non-hydrogen) atoms. The largest absolute Gasteiger partial charge is 0.118 e. The minimum absolute atomic E-state index is 0.319. The van der Waals surface area contributed by atoms with Crippen molar-refractivity contribution in [1.29, 1.82) is 0 Å². The van der Waals surface area contributed by atoms with Crippen LogP contribution in [-0.4, -0.2) is 5.38 Å². The molecule has 0 bridgehead atoms.